The van der Waals surface area contributed by atoms with Crippen LogP contribution in [0.15, 0.2) is 29.3 Å². The zero-order valence-electron chi connectivity index (χ0n) is 17.7. The van der Waals surface area contributed by atoms with E-state index in [0.29, 0.717) is 0 Å². The highest BCUT2D eigenvalue weighted by Gasteiger charge is 2.23. The first kappa shape index (κ1) is 22.5. The van der Waals surface area contributed by atoms with Crippen LogP contribution >= 0.6 is 0 Å². The fourth-order valence-corrected chi connectivity index (χ4v) is 3.18. The van der Waals surface area contributed by atoms with Crippen LogP contribution in [0.25, 0.3) is 0 Å². The molecule has 1 fully saturated rings. The Bertz CT molecular complexity index is 572. The van der Waals surface area contributed by atoms with Crippen LogP contribution in [0.3, 0.4) is 0 Å². The first-order chi connectivity index (χ1) is 13.6. The second-order valence-corrected chi connectivity index (χ2v) is 7.09. The minimum absolute atomic E-state index is 0.248. The fourth-order valence-electron chi connectivity index (χ4n) is 3.18. The van der Waals surface area contributed by atoms with Crippen LogP contribution < -0.4 is 15.4 Å². The van der Waals surface area contributed by atoms with Crippen LogP contribution in [0.1, 0.15) is 31.9 Å². The summed E-state index contributed by atoms with van der Waals surface area (Å²) >= 11 is 0. The van der Waals surface area contributed by atoms with Gasteiger partial charge in [-0.2, -0.15) is 0 Å². The summed E-state index contributed by atoms with van der Waals surface area (Å²) in [6, 6.07) is 8.56. The summed E-state index contributed by atoms with van der Waals surface area (Å²) < 4.78 is 16.4. The summed E-state index contributed by atoms with van der Waals surface area (Å²) in [5.41, 5.74) is 1.26. The van der Waals surface area contributed by atoms with E-state index in [1.807, 2.05) is 12.1 Å². The smallest absolute Gasteiger partial charge is 0.191 e. The molecule has 1 aliphatic heterocycles. The van der Waals surface area contributed by atoms with Gasteiger partial charge in [0.2, 0.25) is 0 Å². The van der Waals surface area contributed by atoms with Crippen LogP contribution in [0, 0.1) is 0 Å². The summed E-state index contributed by atoms with van der Waals surface area (Å²) in [7, 11) is 3.49. The third-order valence-corrected chi connectivity index (χ3v) is 4.74. The lowest BCUT2D eigenvalue weighted by Crippen LogP contribution is -2.46. The molecule has 28 heavy (non-hydrogen) atoms. The van der Waals surface area contributed by atoms with Gasteiger partial charge in [0.25, 0.3) is 0 Å². The summed E-state index contributed by atoms with van der Waals surface area (Å²) in [6.45, 7) is 9.87. The first-order valence-electron chi connectivity index (χ1n) is 10.2. The maximum atomic E-state index is 5.58. The van der Waals surface area contributed by atoms with E-state index in [-0.39, 0.29) is 12.1 Å². The Morgan fingerprint density at radius 1 is 1.18 bits per heavy atom. The lowest BCUT2D eigenvalue weighted by molar-refractivity contribution is 0.0170. The first-order valence-corrected chi connectivity index (χ1v) is 10.2. The number of guanidine groups is 1. The highest BCUT2D eigenvalue weighted by Crippen LogP contribution is 2.23. The van der Waals surface area contributed by atoms with Gasteiger partial charge in [-0.15, -0.1) is 0 Å². The van der Waals surface area contributed by atoms with E-state index in [2.05, 4.69) is 46.5 Å². The molecule has 1 aromatic carbocycles. The molecule has 7 nitrogen and oxygen atoms in total. The Labute approximate surface area is 169 Å². The summed E-state index contributed by atoms with van der Waals surface area (Å²) in [5.74, 6) is 1.69. The Balaban J connectivity index is 1.91. The third-order valence-electron chi connectivity index (χ3n) is 4.74. The average molecular weight is 393 g/mol. The topological polar surface area (TPSA) is 67.4 Å². The number of methoxy groups -OCH3 is 1. The van der Waals surface area contributed by atoms with Crippen molar-refractivity contribution in [3.63, 3.8) is 0 Å². The summed E-state index contributed by atoms with van der Waals surface area (Å²) in [5, 5.41) is 6.84. The maximum absolute atomic E-state index is 5.58. The number of aliphatic imine (C=N–C) groups is 1. The van der Waals surface area contributed by atoms with Crippen LogP contribution in [0.4, 0.5) is 0 Å². The normalized spacial score (nSPS) is 16.8. The SMILES string of the molecule is CN=C(NCCCOC(C)C)NCC(c1ccc(OC)cc1)N1CCOCC1. The Kier molecular flexibility index (Phi) is 10.1. The minimum atomic E-state index is 0.248. The number of rotatable bonds is 10. The molecule has 1 aliphatic rings. The third kappa shape index (κ3) is 7.66. The van der Waals surface area contributed by atoms with Crippen molar-refractivity contribution in [2.24, 2.45) is 4.99 Å². The van der Waals surface area contributed by atoms with Crippen molar-refractivity contribution in [1.82, 2.24) is 15.5 Å². The van der Waals surface area contributed by atoms with Gasteiger partial charge in [-0.1, -0.05) is 12.1 Å². The largest absolute Gasteiger partial charge is 0.497 e. The molecule has 0 aliphatic carbocycles. The van der Waals surface area contributed by atoms with E-state index in [9.17, 15) is 0 Å². The summed E-state index contributed by atoms with van der Waals surface area (Å²) in [6.07, 6.45) is 1.22. The molecule has 2 N–H and O–H groups in total. The predicted molar refractivity (Wildman–Crippen MR) is 113 cm³/mol. The Morgan fingerprint density at radius 3 is 2.50 bits per heavy atom. The summed E-state index contributed by atoms with van der Waals surface area (Å²) in [4.78, 5) is 6.81. The predicted octanol–water partition coefficient (Wildman–Crippen LogP) is 2.05. The van der Waals surface area contributed by atoms with Crippen molar-refractivity contribution in [2.75, 3.05) is 60.2 Å². The van der Waals surface area contributed by atoms with Gasteiger partial charge in [-0.05, 0) is 38.0 Å². The number of nitrogens with one attached hydrogen (secondary N) is 2. The quantitative estimate of drug-likeness (QED) is 0.361. The monoisotopic (exact) mass is 392 g/mol. The van der Waals surface area contributed by atoms with Gasteiger partial charge >= 0.3 is 0 Å². The van der Waals surface area contributed by atoms with E-state index in [4.69, 9.17) is 14.2 Å². The molecule has 1 atom stereocenters. The molecule has 0 bridgehead atoms. The minimum Gasteiger partial charge on any atom is -0.497 e. The van der Waals surface area contributed by atoms with E-state index in [0.717, 1.165) is 64.1 Å². The molecule has 1 heterocycles. The second kappa shape index (κ2) is 12.6. The van der Waals surface area contributed by atoms with Crippen LogP contribution in [-0.4, -0.2) is 77.1 Å². The molecule has 7 heteroatoms. The van der Waals surface area contributed by atoms with Gasteiger partial charge in [-0.3, -0.25) is 9.89 Å². The number of benzene rings is 1. The van der Waals surface area contributed by atoms with Crippen molar-refractivity contribution in [2.45, 2.75) is 32.4 Å². The highest BCUT2D eigenvalue weighted by atomic mass is 16.5. The van der Waals surface area contributed by atoms with Crippen LogP contribution in [-0.2, 0) is 9.47 Å². The van der Waals surface area contributed by atoms with Crippen molar-refractivity contribution >= 4 is 5.96 Å². The number of hydrogen-bond donors (Lipinski definition) is 2. The number of nitrogens with zero attached hydrogens (tertiary/aromatic N) is 2. The van der Waals surface area contributed by atoms with Crippen molar-refractivity contribution in [3.05, 3.63) is 29.8 Å². The molecule has 0 radical (unpaired) electrons. The molecular formula is C21H36N4O3. The average Bonchev–Trinajstić information content (AvgIpc) is 2.73. The highest BCUT2D eigenvalue weighted by molar-refractivity contribution is 5.79. The van der Waals surface area contributed by atoms with Crippen molar-refractivity contribution < 1.29 is 14.2 Å². The zero-order valence-corrected chi connectivity index (χ0v) is 17.7. The fraction of sp³-hybridized carbons (Fsp3) is 0.667. The van der Waals surface area contributed by atoms with E-state index >= 15 is 0 Å². The molecule has 158 valence electrons. The number of hydrogen-bond acceptors (Lipinski definition) is 5. The maximum Gasteiger partial charge on any atom is 0.191 e. The molecule has 0 saturated carbocycles. The van der Waals surface area contributed by atoms with Crippen LogP contribution in [0.2, 0.25) is 0 Å². The second-order valence-electron chi connectivity index (χ2n) is 7.09. The standard InChI is InChI=1S/C21H36N4O3/c1-17(2)28-13-5-10-23-21(22-3)24-16-20(25-11-14-27-15-12-25)18-6-8-19(26-4)9-7-18/h6-9,17,20H,5,10-16H2,1-4H3,(H2,22,23,24). The van der Waals surface area contributed by atoms with Gasteiger partial charge in [-0.25, -0.2) is 0 Å². The number of morpholine rings is 1. The molecule has 0 spiro atoms. The van der Waals surface area contributed by atoms with Crippen molar-refractivity contribution in [1.29, 1.82) is 0 Å². The van der Waals surface area contributed by atoms with Gasteiger partial charge in [0.15, 0.2) is 5.96 Å². The molecule has 1 aromatic rings. The number of ether oxygens (including phenoxy) is 3. The van der Waals surface area contributed by atoms with Crippen LogP contribution in [0.5, 0.6) is 5.75 Å². The molecule has 0 aromatic heterocycles. The molecular weight excluding hydrogens is 356 g/mol. The molecule has 1 unspecified atom stereocenters. The van der Waals surface area contributed by atoms with E-state index in [1.54, 1.807) is 14.2 Å². The van der Waals surface area contributed by atoms with Gasteiger partial charge in [0.05, 0.1) is 32.5 Å². The molecule has 1 saturated heterocycles. The van der Waals surface area contributed by atoms with Crippen molar-refractivity contribution in [3.8, 4) is 5.75 Å². The van der Waals surface area contributed by atoms with Gasteiger partial charge in [0, 0.05) is 39.8 Å². The van der Waals surface area contributed by atoms with E-state index < -0.39 is 0 Å². The Hall–Kier alpha value is -1.83. The lowest BCUT2D eigenvalue weighted by Gasteiger charge is -2.35. The van der Waals surface area contributed by atoms with Gasteiger partial charge in [0.1, 0.15) is 5.75 Å². The lowest BCUT2D eigenvalue weighted by atomic mass is 10.0. The molecule has 0 amide bonds. The van der Waals surface area contributed by atoms with Gasteiger partial charge < -0.3 is 24.8 Å². The Morgan fingerprint density at radius 2 is 1.89 bits per heavy atom. The molecule has 2 rings (SSSR count). The zero-order chi connectivity index (χ0) is 20.2. The van der Waals surface area contributed by atoms with E-state index in [1.165, 1.54) is 5.56 Å².